The molecule has 2 aromatic rings. The molecule has 2 heterocycles. The standard InChI is InChI=1S/C20H22N2O6S2/c1-5-9-22-14-7-6-13(11-15(14)28-12-20(2,3)19(22)24)21-30(25,26)16-8-10-29-17(16)18(23)27-4/h5-8,10-11,21H,1,9,12H2,2-4H3. The fourth-order valence-electron chi connectivity index (χ4n) is 2.98. The van der Waals surface area contributed by atoms with Gasteiger partial charge in [-0.3, -0.25) is 9.52 Å². The number of sulfonamides is 1. The van der Waals surface area contributed by atoms with Crippen molar-refractivity contribution in [1.82, 2.24) is 0 Å². The Morgan fingerprint density at radius 1 is 1.40 bits per heavy atom. The van der Waals surface area contributed by atoms with Crippen LogP contribution in [0.5, 0.6) is 5.75 Å². The molecule has 1 aliphatic rings. The number of nitrogens with one attached hydrogen (secondary N) is 1. The first-order valence-corrected chi connectivity index (χ1v) is 11.4. The van der Waals surface area contributed by atoms with E-state index in [2.05, 4.69) is 16.0 Å². The van der Waals surface area contributed by atoms with E-state index in [0.717, 1.165) is 11.3 Å². The van der Waals surface area contributed by atoms with E-state index >= 15 is 0 Å². The van der Waals surface area contributed by atoms with Crippen molar-refractivity contribution in [3.05, 3.63) is 47.2 Å². The van der Waals surface area contributed by atoms with Crippen LogP contribution in [0.2, 0.25) is 0 Å². The SMILES string of the molecule is C=CCN1C(=O)C(C)(C)COc2cc(NS(=O)(=O)c3ccsc3C(=O)OC)ccc21. The zero-order chi connectivity index (χ0) is 22.1. The molecule has 0 bridgehead atoms. The molecule has 0 spiro atoms. The summed E-state index contributed by atoms with van der Waals surface area (Å²) in [5, 5.41) is 1.50. The summed E-state index contributed by atoms with van der Waals surface area (Å²) in [4.78, 5) is 26.1. The molecule has 1 aromatic carbocycles. The number of esters is 1. The maximum absolute atomic E-state index is 12.9. The molecular weight excluding hydrogens is 428 g/mol. The Kier molecular flexibility index (Phi) is 5.91. The minimum atomic E-state index is -4.04. The second-order valence-corrected chi connectivity index (χ2v) is 9.84. The van der Waals surface area contributed by atoms with E-state index in [1.54, 1.807) is 30.9 Å². The molecule has 8 nitrogen and oxygen atoms in total. The van der Waals surface area contributed by atoms with Gasteiger partial charge in [-0.1, -0.05) is 6.08 Å². The summed E-state index contributed by atoms with van der Waals surface area (Å²) in [5.74, 6) is -0.471. The monoisotopic (exact) mass is 450 g/mol. The third kappa shape index (κ3) is 4.05. The Hall–Kier alpha value is -2.85. The predicted octanol–water partition coefficient (Wildman–Crippen LogP) is 3.27. The molecule has 0 aliphatic carbocycles. The fraction of sp³-hybridized carbons (Fsp3) is 0.300. The van der Waals surface area contributed by atoms with E-state index in [-0.39, 0.29) is 28.0 Å². The Morgan fingerprint density at radius 2 is 2.13 bits per heavy atom. The molecule has 0 fully saturated rings. The number of thiophene rings is 1. The molecular formula is C20H22N2O6S2. The van der Waals surface area contributed by atoms with Crippen LogP contribution >= 0.6 is 11.3 Å². The number of hydrogen-bond donors (Lipinski definition) is 1. The van der Waals surface area contributed by atoms with Gasteiger partial charge in [0.25, 0.3) is 10.0 Å². The van der Waals surface area contributed by atoms with Crippen LogP contribution in [0.15, 0.2) is 47.2 Å². The first-order chi connectivity index (χ1) is 14.1. The van der Waals surface area contributed by atoms with Gasteiger partial charge >= 0.3 is 5.97 Å². The van der Waals surface area contributed by atoms with E-state index in [9.17, 15) is 18.0 Å². The third-order valence-electron chi connectivity index (χ3n) is 4.52. The van der Waals surface area contributed by atoms with Gasteiger partial charge in [0.1, 0.15) is 22.1 Å². The van der Waals surface area contributed by atoms with Gasteiger partial charge in [-0.15, -0.1) is 17.9 Å². The first kappa shape index (κ1) is 21.8. The molecule has 0 radical (unpaired) electrons. The first-order valence-electron chi connectivity index (χ1n) is 8.99. The maximum Gasteiger partial charge on any atom is 0.349 e. The highest BCUT2D eigenvalue weighted by Crippen LogP contribution is 2.38. The summed E-state index contributed by atoms with van der Waals surface area (Å²) in [5.41, 5.74) is 0.00836. The second-order valence-electron chi connectivity index (χ2n) is 7.27. The van der Waals surface area contributed by atoms with E-state index in [4.69, 9.17) is 4.74 Å². The lowest BCUT2D eigenvalue weighted by molar-refractivity contribution is -0.127. The highest BCUT2D eigenvalue weighted by atomic mass is 32.2. The third-order valence-corrected chi connectivity index (χ3v) is 6.96. The lowest BCUT2D eigenvalue weighted by Crippen LogP contribution is -2.42. The quantitative estimate of drug-likeness (QED) is 0.535. The fourth-order valence-corrected chi connectivity index (χ4v) is 5.37. The van der Waals surface area contributed by atoms with Crippen molar-refractivity contribution in [2.24, 2.45) is 5.41 Å². The van der Waals surface area contributed by atoms with E-state index in [1.807, 2.05) is 0 Å². The zero-order valence-corrected chi connectivity index (χ0v) is 18.4. The van der Waals surface area contributed by atoms with Crippen LogP contribution in [-0.2, 0) is 19.6 Å². The number of fused-ring (bicyclic) bond motifs is 1. The largest absolute Gasteiger partial charge is 0.490 e. The van der Waals surface area contributed by atoms with Crippen molar-refractivity contribution in [3.8, 4) is 5.75 Å². The molecule has 30 heavy (non-hydrogen) atoms. The van der Waals surface area contributed by atoms with E-state index < -0.39 is 21.4 Å². The average Bonchev–Trinajstić information content (AvgIpc) is 3.17. The van der Waals surface area contributed by atoms with Crippen molar-refractivity contribution in [3.63, 3.8) is 0 Å². The maximum atomic E-state index is 12.9. The number of methoxy groups -OCH3 is 1. The summed E-state index contributed by atoms with van der Waals surface area (Å²) < 4.78 is 38.6. The molecule has 1 amide bonds. The number of hydrogen-bond acceptors (Lipinski definition) is 7. The van der Waals surface area contributed by atoms with Gasteiger partial charge in [-0.2, -0.15) is 0 Å². The van der Waals surface area contributed by atoms with E-state index in [1.165, 1.54) is 30.7 Å². The highest BCUT2D eigenvalue weighted by molar-refractivity contribution is 7.93. The minimum absolute atomic E-state index is 0.0134. The topological polar surface area (TPSA) is 102 Å². The summed E-state index contributed by atoms with van der Waals surface area (Å²) >= 11 is 0.979. The van der Waals surface area contributed by atoms with Crippen molar-refractivity contribution >= 4 is 44.6 Å². The van der Waals surface area contributed by atoms with Crippen molar-refractivity contribution in [2.45, 2.75) is 18.7 Å². The average molecular weight is 451 g/mol. The predicted molar refractivity (Wildman–Crippen MR) is 115 cm³/mol. The smallest absolute Gasteiger partial charge is 0.349 e. The van der Waals surface area contributed by atoms with Gasteiger partial charge in [0.2, 0.25) is 5.91 Å². The molecule has 0 saturated carbocycles. The Bertz CT molecular complexity index is 1100. The van der Waals surface area contributed by atoms with Gasteiger partial charge in [0, 0.05) is 12.6 Å². The number of carbonyl (C=O) groups excluding carboxylic acids is 2. The molecule has 10 heteroatoms. The summed E-state index contributed by atoms with van der Waals surface area (Å²) in [7, 11) is -2.85. The van der Waals surface area contributed by atoms with Crippen LogP contribution in [0.1, 0.15) is 23.5 Å². The normalized spacial score (nSPS) is 15.6. The molecule has 0 atom stereocenters. The number of anilines is 2. The molecule has 1 N–H and O–H groups in total. The van der Waals surface area contributed by atoms with Crippen molar-refractivity contribution < 1.29 is 27.5 Å². The molecule has 3 rings (SSSR count). The summed E-state index contributed by atoms with van der Waals surface area (Å²) in [6.07, 6.45) is 1.62. The lowest BCUT2D eigenvalue weighted by Gasteiger charge is -2.27. The summed E-state index contributed by atoms with van der Waals surface area (Å²) in [6, 6.07) is 6.00. The minimum Gasteiger partial charge on any atom is -0.490 e. The highest BCUT2D eigenvalue weighted by Gasteiger charge is 2.37. The van der Waals surface area contributed by atoms with Crippen molar-refractivity contribution in [2.75, 3.05) is 29.9 Å². The number of ether oxygens (including phenoxy) is 2. The molecule has 160 valence electrons. The molecule has 0 unspecified atom stereocenters. The van der Waals surface area contributed by atoms with Gasteiger partial charge in [0.05, 0.1) is 23.9 Å². The van der Waals surface area contributed by atoms with Gasteiger partial charge in [0.15, 0.2) is 0 Å². The lowest BCUT2D eigenvalue weighted by atomic mass is 9.93. The second kappa shape index (κ2) is 8.11. The van der Waals surface area contributed by atoms with Gasteiger partial charge in [-0.25, -0.2) is 13.2 Å². The number of carbonyl (C=O) groups is 2. The molecule has 0 saturated heterocycles. The number of nitrogens with zero attached hydrogens (tertiary/aromatic N) is 1. The Labute approximate surface area is 179 Å². The molecule has 1 aliphatic heterocycles. The Morgan fingerprint density at radius 3 is 2.80 bits per heavy atom. The Balaban J connectivity index is 1.96. The van der Waals surface area contributed by atoms with Crippen LogP contribution in [-0.4, -0.2) is 40.6 Å². The zero-order valence-electron chi connectivity index (χ0n) is 16.8. The van der Waals surface area contributed by atoms with Crippen LogP contribution < -0.4 is 14.4 Å². The number of rotatable bonds is 6. The number of benzene rings is 1. The van der Waals surface area contributed by atoms with Crippen LogP contribution in [0.3, 0.4) is 0 Å². The van der Waals surface area contributed by atoms with Crippen molar-refractivity contribution in [1.29, 1.82) is 0 Å². The van der Waals surface area contributed by atoms with E-state index in [0.29, 0.717) is 18.0 Å². The van der Waals surface area contributed by atoms with Crippen LogP contribution in [0, 0.1) is 5.41 Å². The molecule has 1 aromatic heterocycles. The number of amides is 1. The van der Waals surface area contributed by atoms with Gasteiger partial charge in [-0.05, 0) is 37.4 Å². The van der Waals surface area contributed by atoms with Gasteiger partial charge < -0.3 is 14.4 Å². The van der Waals surface area contributed by atoms with Crippen LogP contribution in [0.25, 0.3) is 0 Å². The van der Waals surface area contributed by atoms with Crippen LogP contribution in [0.4, 0.5) is 11.4 Å². The summed E-state index contributed by atoms with van der Waals surface area (Å²) in [6.45, 7) is 7.70.